The van der Waals surface area contributed by atoms with Crippen molar-refractivity contribution in [2.24, 2.45) is 0 Å². The van der Waals surface area contributed by atoms with E-state index in [1.54, 1.807) is 6.92 Å². The summed E-state index contributed by atoms with van der Waals surface area (Å²) in [6.07, 6.45) is -0.438. The largest absolute Gasteiger partial charge is 0.392 e. The Morgan fingerprint density at radius 3 is 2.23 bits per heavy atom. The molecule has 2 unspecified atom stereocenters. The highest BCUT2D eigenvalue weighted by Gasteiger charge is 2.09. The van der Waals surface area contributed by atoms with Gasteiger partial charge < -0.3 is 15.7 Å². The highest BCUT2D eigenvalue weighted by Crippen LogP contribution is 1.89. The molecule has 0 fully saturated rings. The van der Waals surface area contributed by atoms with E-state index in [4.69, 9.17) is 5.11 Å². The Labute approximate surface area is 79.7 Å². The van der Waals surface area contributed by atoms with Gasteiger partial charge in [-0.2, -0.15) is 0 Å². The van der Waals surface area contributed by atoms with Gasteiger partial charge in [0.25, 0.3) is 0 Å². The van der Waals surface area contributed by atoms with Gasteiger partial charge in [0, 0.05) is 12.1 Å². The van der Waals surface area contributed by atoms with E-state index in [-0.39, 0.29) is 24.5 Å². The molecule has 0 rings (SSSR count). The van der Waals surface area contributed by atoms with Crippen LogP contribution >= 0.6 is 0 Å². The maximum atomic E-state index is 11.1. The number of carbonyl (C=O) groups excluding carboxylic acids is 1. The summed E-state index contributed by atoms with van der Waals surface area (Å²) in [6.45, 7) is 7.61. The van der Waals surface area contributed by atoms with Crippen molar-refractivity contribution in [1.82, 2.24) is 10.6 Å². The van der Waals surface area contributed by atoms with Gasteiger partial charge in [-0.05, 0) is 27.7 Å². The molecule has 0 aliphatic carbocycles. The lowest BCUT2D eigenvalue weighted by Crippen LogP contribution is -2.43. The number of nitrogens with one attached hydrogen (secondary N) is 2. The molecule has 0 saturated carbocycles. The van der Waals surface area contributed by atoms with E-state index in [1.165, 1.54) is 0 Å². The summed E-state index contributed by atoms with van der Waals surface area (Å²) in [5.41, 5.74) is 0. The standard InChI is InChI=1S/C9H20N2O2/c1-6(2)11-9(13)5-10-7(3)8(4)12/h6-8,10,12H,5H2,1-4H3,(H,11,13). The van der Waals surface area contributed by atoms with Crippen LogP contribution in [0.15, 0.2) is 0 Å². The lowest BCUT2D eigenvalue weighted by molar-refractivity contribution is -0.120. The van der Waals surface area contributed by atoms with Gasteiger partial charge >= 0.3 is 0 Å². The third-order valence-corrected chi connectivity index (χ3v) is 1.76. The van der Waals surface area contributed by atoms with Gasteiger partial charge in [-0.15, -0.1) is 0 Å². The predicted octanol–water partition coefficient (Wildman–Crippen LogP) is -0.130. The van der Waals surface area contributed by atoms with E-state index in [0.717, 1.165) is 0 Å². The molecule has 0 radical (unpaired) electrons. The minimum Gasteiger partial charge on any atom is -0.392 e. The van der Waals surface area contributed by atoms with Crippen LogP contribution in [-0.2, 0) is 4.79 Å². The van der Waals surface area contributed by atoms with Crippen LogP contribution in [0.3, 0.4) is 0 Å². The first-order valence-corrected chi connectivity index (χ1v) is 4.64. The van der Waals surface area contributed by atoms with Crippen molar-refractivity contribution in [1.29, 1.82) is 0 Å². The quantitative estimate of drug-likeness (QED) is 0.563. The molecular weight excluding hydrogens is 168 g/mol. The Hall–Kier alpha value is -0.610. The number of amides is 1. The second kappa shape index (κ2) is 5.94. The van der Waals surface area contributed by atoms with E-state index >= 15 is 0 Å². The summed E-state index contributed by atoms with van der Waals surface area (Å²) in [6, 6.07) is 0.106. The number of carbonyl (C=O) groups is 1. The molecule has 0 aliphatic rings. The Bertz CT molecular complexity index is 158. The molecule has 0 heterocycles. The lowest BCUT2D eigenvalue weighted by atomic mass is 10.2. The number of rotatable bonds is 5. The average Bonchev–Trinajstić information content (AvgIpc) is 1.98. The summed E-state index contributed by atoms with van der Waals surface area (Å²) >= 11 is 0. The van der Waals surface area contributed by atoms with E-state index in [2.05, 4.69) is 10.6 Å². The minimum atomic E-state index is -0.438. The van der Waals surface area contributed by atoms with Crippen LogP contribution < -0.4 is 10.6 Å². The maximum Gasteiger partial charge on any atom is 0.234 e. The van der Waals surface area contributed by atoms with Gasteiger partial charge in [0.05, 0.1) is 12.6 Å². The third kappa shape index (κ3) is 6.54. The first-order valence-electron chi connectivity index (χ1n) is 4.64. The number of hydrogen-bond donors (Lipinski definition) is 3. The fraction of sp³-hybridized carbons (Fsp3) is 0.889. The van der Waals surface area contributed by atoms with Gasteiger partial charge in [-0.3, -0.25) is 4.79 Å². The van der Waals surface area contributed by atoms with Crippen molar-refractivity contribution >= 4 is 5.91 Å². The smallest absolute Gasteiger partial charge is 0.234 e. The van der Waals surface area contributed by atoms with Crippen LogP contribution in [-0.4, -0.2) is 35.7 Å². The zero-order valence-electron chi connectivity index (χ0n) is 8.79. The minimum absolute atomic E-state index is 0.0394. The van der Waals surface area contributed by atoms with Crippen molar-refractivity contribution in [3.63, 3.8) is 0 Å². The molecular formula is C9H20N2O2. The fourth-order valence-corrected chi connectivity index (χ4v) is 0.797. The fourth-order valence-electron chi connectivity index (χ4n) is 0.797. The van der Waals surface area contributed by atoms with E-state index in [9.17, 15) is 4.79 Å². The van der Waals surface area contributed by atoms with E-state index in [1.807, 2.05) is 20.8 Å². The zero-order chi connectivity index (χ0) is 10.4. The van der Waals surface area contributed by atoms with Gasteiger partial charge in [0.15, 0.2) is 0 Å². The first kappa shape index (κ1) is 12.4. The Balaban J connectivity index is 3.58. The maximum absolute atomic E-state index is 11.1. The Kier molecular flexibility index (Phi) is 5.66. The van der Waals surface area contributed by atoms with Crippen LogP contribution in [0.4, 0.5) is 0 Å². The van der Waals surface area contributed by atoms with E-state index in [0.29, 0.717) is 0 Å². The molecule has 3 N–H and O–H groups in total. The molecule has 0 aromatic carbocycles. The molecule has 0 aromatic heterocycles. The van der Waals surface area contributed by atoms with Crippen molar-refractivity contribution in [2.75, 3.05) is 6.54 Å². The second-order valence-electron chi connectivity index (χ2n) is 3.63. The van der Waals surface area contributed by atoms with Gasteiger partial charge in [0.1, 0.15) is 0 Å². The van der Waals surface area contributed by atoms with Crippen molar-refractivity contribution in [3.05, 3.63) is 0 Å². The van der Waals surface area contributed by atoms with Gasteiger partial charge in [0.2, 0.25) is 5.91 Å². The van der Waals surface area contributed by atoms with Crippen molar-refractivity contribution in [3.8, 4) is 0 Å². The molecule has 4 nitrogen and oxygen atoms in total. The topological polar surface area (TPSA) is 61.4 Å². The molecule has 4 heteroatoms. The predicted molar refractivity (Wildman–Crippen MR) is 52.4 cm³/mol. The summed E-state index contributed by atoms with van der Waals surface area (Å²) in [7, 11) is 0. The molecule has 13 heavy (non-hydrogen) atoms. The van der Waals surface area contributed by atoms with Crippen LogP contribution in [0.5, 0.6) is 0 Å². The van der Waals surface area contributed by atoms with Gasteiger partial charge in [-0.25, -0.2) is 0 Å². The first-order chi connectivity index (χ1) is 5.93. The number of aliphatic hydroxyl groups excluding tert-OH is 1. The van der Waals surface area contributed by atoms with Crippen LogP contribution in [0.2, 0.25) is 0 Å². The van der Waals surface area contributed by atoms with Crippen LogP contribution in [0.1, 0.15) is 27.7 Å². The number of hydrogen-bond acceptors (Lipinski definition) is 3. The molecule has 78 valence electrons. The highest BCUT2D eigenvalue weighted by molar-refractivity contribution is 5.78. The Morgan fingerprint density at radius 2 is 1.85 bits per heavy atom. The lowest BCUT2D eigenvalue weighted by Gasteiger charge is -2.16. The molecule has 0 bridgehead atoms. The highest BCUT2D eigenvalue weighted by atomic mass is 16.3. The molecule has 0 spiro atoms. The van der Waals surface area contributed by atoms with Gasteiger partial charge in [-0.1, -0.05) is 0 Å². The zero-order valence-corrected chi connectivity index (χ0v) is 8.79. The summed E-state index contributed by atoms with van der Waals surface area (Å²) in [5.74, 6) is -0.0394. The summed E-state index contributed by atoms with van der Waals surface area (Å²) in [4.78, 5) is 11.1. The molecule has 0 aromatic rings. The summed E-state index contributed by atoms with van der Waals surface area (Å²) in [5, 5.41) is 14.8. The van der Waals surface area contributed by atoms with Crippen molar-refractivity contribution in [2.45, 2.75) is 45.9 Å². The van der Waals surface area contributed by atoms with Crippen LogP contribution in [0.25, 0.3) is 0 Å². The average molecular weight is 188 g/mol. The molecule has 1 amide bonds. The normalized spacial score (nSPS) is 15.5. The van der Waals surface area contributed by atoms with Crippen molar-refractivity contribution < 1.29 is 9.90 Å². The SMILES string of the molecule is CC(C)NC(=O)CNC(C)C(C)O. The second-order valence-corrected chi connectivity index (χ2v) is 3.63. The monoisotopic (exact) mass is 188 g/mol. The summed E-state index contributed by atoms with van der Waals surface area (Å²) < 4.78 is 0. The Morgan fingerprint density at radius 1 is 1.31 bits per heavy atom. The third-order valence-electron chi connectivity index (χ3n) is 1.76. The van der Waals surface area contributed by atoms with E-state index < -0.39 is 6.10 Å². The molecule has 2 atom stereocenters. The molecule has 0 aliphatic heterocycles. The molecule has 0 saturated heterocycles. The number of aliphatic hydroxyl groups is 1. The van der Waals surface area contributed by atoms with Crippen LogP contribution in [0, 0.1) is 0 Å².